The first kappa shape index (κ1) is 59.4. The van der Waals surface area contributed by atoms with E-state index in [2.05, 4.69) is 31.7 Å². The van der Waals surface area contributed by atoms with Gasteiger partial charge in [-0.2, -0.15) is 10.5 Å². The number of fused-ring (bicyclic) bond motifs is 20. The average molecular weight is 1260 g/mol. The fourth-order valence-electron chi connectivity index (χ4n) is 17.5. The number of esters is 1. The van der Waals surface area contributed by atoms with Crippen LogP contribution in [0.3, 0.4) is 0 Å². The molecule has 0 aliphatic carbocycles. The number of benzene rings is 6. The van der Waals surface area contributed by atoms with E-state index in [1.807, 2.05) is 40.1 Å². The zero-order valence-electron chi connectivity index (χ0n) is 52.5. The first-order valence-corrected chi connectivity index (χ1v) is 31.0. The van der Waals surface area contributed by atoms with Crippen LogP contribution in [0.15, 0.2) is 60.7 Å². The van der Waals surface area contributed by atoms with Crippen molar-refractivity contribution in [1.29, 1.82) is 10.5 Å². The number of ether oxygens (including phenoxy) is 7. The number of phenolic OH excluding ortho intramolecular Hbond substituents is 3. The minimum absolute atomic E-state index is 0.0364. The van der Waals surface area contributed by atoms with E-state index in [0.717, 1.165) is 27.8 Å². The van der Waals surface area contributed by atoms with E-state index >= 15 is 0 Å². The Morgan fingerprint density at radius 1 is 0.538 bits per heavy atom. The third-order valence-corrected chi connectivity index (χ3v) is 21.3. The summed E-state index contributed by atoms with van der Waals surface area (Å²) in [5, 5.41) is 56.8. The zero-order chi connectivity index (χ0) is 65.2. The number of hydrogen-bond donors (Lipinski definition) is 3. The number of nitriles is 2. The topological polar surface area (TPSA) is 278 Å². The molecule has 476 valence electrons. The second-order valence-electron chi connectivity index (χ2n) is 25.6. The van der Waals surface area contributed by atoms with Gasteiger partial charge in [-0.25, -0.2) is 0 Å². The fraction of sp³-hybridized carbons (Fsp3) is 0.386. The zero-order valence-corrected chi connectivity index (χ0v) is 52.5. The molecule has 93 heavy (non-hydrogen) atoms. The number of nitrogens with zero attached hydrogens (tertiary/aromatic N) is 8. The monoisotopic (exact) mass is 1260 g/mol. The minimum Gasteiger partial charge on any atom is -0.507 e. The molecule has 23 heteroatoms. The number of aromatic hydroxyl groups is 3. The van der Waals surface area contributed by atoms with Gasteiger partial charge in [0, 0.05) is 88.7 Å². The Hall–Kier alpha value is -9.91. The number of imide groups is 2. The molecule has 0 spiro atoms. The first-order chi connectivity index (χ1) is 44.7. The van der Waals surface area contributed by atoms with Crippen LogP contribution in [0.4, 0.5) is 0 Å². The maximum Gasteiger partial charge on any atom is 0.308 e. The number of carbonyl (C=O) groups excluding carboxylic acids is 5. The van der Waals surface area contributed by atoms with Crippen molar-refractivity contribution in [2.75, 3.05) is 55.0 Å². The maximum atomic E-state index is 13.8. The van der Waals surface area contributed by atoms with E-state index < -0.39 is 71.9 Å². The summed E-state index contributed by atoms with van der Waals surface area (Å²) in [6.07, 6.45) is 1.62. The van der Waals surface area contributed by atoms with E-state index in [-0.39, 0.29) is 62.0 Å². The van der Waals surface area contributed by atoms with Crippen molar-refractivity contribution in [2.45, 2.75) is 121 Å². The first-order valence-electron chi connectivity index (χ1n) is 31.0. The number of carbonyl (C=O) groups is 5. The van der Waals surface area contributed by atoms with Crippen molar-refractivity contribution < 1.29 is 72.5 Å². The summed E-state index contributed by atoms with van der Waals surface area (Å²) in [5.74, 6) is 0.832. The summed E-state index contributed by atoms with van der Waals surface area (Å²) in [7, 11) is 6.97. The van der Waals surface area contributed by atoms with Crippen molar-refractivity contribution in [2.24, 2.45) is 0 Å². The summed E-state index contributed by atoms with van der Waals surface area (Å²) < 4.78 is 41.0. The van der Waals surface area contributed by atoms with E-state index in [0.29, 0.717) is 127 Å². The molecule has 3 N–H and O–H groups in total. The number of rotatable bonds is 7. The molecule has 16 rings (SSSR count). The van der Waals surface area contributed by atoms with E-state index in [9.17, 15) is 49.8 Å². The Kier molecular flexibility index (Phi) is 13.8. The van der Waals surface area contributed by atoms with Crippen molar-refractivity contribution in [1.82, 2.24) is 29.4 Å². The van der Waals surface area contributed by atoms with Crippen molar-refractivity contribution in [3.63, 3.8) is 0 Å². The normalized spacial score (nSPS) is 25.7. The van der Waals surface area contributed by atoms with Crippen molar-refractivity contribution >= 4 is 29.6 Å². The van der Waals surface area contributed by atoms with Gasteiger partial charge in [0.15, 0.2) is 46.0 Å². The molecule has 2 unspecified atom stereocenters. The van der Waals surface area contributed by atoms with Crippen LogP contribution >= 0.6 is 0 Å². The molecule has 0 radical (unpaired) electrons. The van der Waals surface area contributed by atoms with E-state index in [1.54, 1.807) is 62.4 Å². The van der Waals surface area contributed by atoms with Gasteiger partial charge in [-0.1, -0.05) is 36.4 Å². The van der Waals surface area contributed by atoms with Crippen molar-refractivity contribution in [3.8, 4) is 69.6 Å². The predicted molar refractivity (Wildman–Crippen MR) is 329 cm³/mol. The molecule has 2 fully saturated rings. The number of methoxy groups -OCH3 is 2. The van der Waals surface area contributed by atoms with Crippen LogP contribution in [0.1, 0.15) is 139 Å². The van der Waals surface area contributed by atoms with Gasteiger partial charge < -0.3 is 48.5 Å². The second kappa shape index (κ2) is 21.6. The Morgan fingerprint density at radius 3 is 1.32 bits per heavy atom. The van der Waals surface area contributed by atoms with E-state index in [4.69, 9.17) is 33.2 Å². The van der Waals surface area contributed by atoms with Crippen LogP contribution in [0.5, 0.6) is 57.5 Å². The van der Waals surface area contributed by atoms with Gasteiger partial charge in [-0.3, -0.25) is 53.4 Å². The molecular weight excluding hydrogens is 1190 g/mol. The lowest BCUT2D eigenvalue weighted by molar-refractivity contribution is -0.132. The van der Waals surface area contributed by atoms with Gasteiger partial charge in [0.1, 0.15) is 23.6 Å². The molecule has 6 aromatic carbocycles. The lowest BCUT2D eigenvalue weighted by Crippen LogP contribution is -2.68. The Balaban J connectivity index is 0.000000154. The smallest absolute Gasteiger partial charge is 0.308 e. The lowest BCUT2D eigenvalue weighted by Gasteiger charge is -2.60. The Bertz CT molecular complexity index is 4370. The highest BCUT2D eigenvalue weighted by Gasteiger charge is 2.60. The third kappa shape index (κ3) is 8.29. The quantitative estimate of drug-likeness (QED) is 0.0805. The number of phenols is 3. The summed E-state index contributed by atoms with van der Waals surface area (Å²) in [5.41, 5.74) is 9.87. The van der Waals surface area contributed by atoms with Crippen molar-refractivity contribution in [3.05, 3.63) is 150 Å². The largest absolute Gasteiger partial charge is 0.507 e. The molecule has 4 bridgehead atoms. The number of likely N-dealkylation sites (N-methyl/N-ethyl adjacent to an activating group) is 2. The molecule has 4 amide bonds. The van der Waals surface area contributed by atoms with Gasteiger partial charge >= 0.3 is 5.97 Å². The summed E-state index contributed by atoms with van der Waals surface area (Å²) in [6, 6.07) is 17.6. The van der Waals surface area contributed by atoms with Crippen LogP contribution in [0.2, 0.25) is 0 Å². The molecule has 6 aromatic rings. The average Bonchev–Trinajstić information content (AvgIpc) is 0.809. The van der Waals surface area contributed by atoms with Gasteiger partial charge in [0.2, 0.25) is 13.6 Å². The fourth-order valence-corrected chi connectivity index (χ4v) is 17.5. The highest BCUT2D eigenvalue weighted by Crippen LogP contribution is 2.61. The minimum atomic E-state index is -0.745. The van der Waals surface area contributed by atoms with Crippen LogP contribution < -0.4 is 33.2 Å². The maximum absolute atomic E-state index is 13.8. The number of piperazine rings is 2. The second-order valence-corrected chi connectivity index (χ2v) is 25.6. The molecule has 10 aliphatic heterocycles. The van der Waals surface area contributed by atoms with Gasteiger partial charge in [0.05, 0.1) is 72.8 Å². The van der Waals surface area contributed by atoms with Crippen LogP contribution in [0.25, 0.3) is 0 Å². The SMILES string of the molecule is COc1c(C)cc2c(c1O)[C@@H]1C3Cc4c(O)c(C)c5c(c4[C@H](CN4C(=O)c6ccccc6C4=O)N3[C@@H](C#N)[C@H](C2)N1C)OCO5.COc1c(C)cc2c(c1O)[C@@H]1C3Cc4c(OC(C)=O)c(C)c5c(c4[C@H](CN4C(=O)c6ccccc6C4=O)N3[C@@H](C#N)[C@H](C2)N1C)OCO5. The summed E-state index contributed by atoms with van der Waals surface area (Å²) in [4.78, 5) is 78.4. The number of aryl methyl sites for hydroxylation is 2. The Morgan fingerprint density at radius 2 is 0.925 bits per heavy atom. The molecule has 23 nitrogen and oxygen atoms in total. The summed E-state index contributed by atoms with van der Waals surface area (Å²) in [6.45, 7) is 8.41. The molecule has 0 saturated carbocycles. The Labute approximate surface area is 534 Å². The molecule has 10 heterocycles. The third-order valence-electron chi connectivity index (χ3n) is 21.3. The molecular formula is C70H66N8O15. The molecule has 10 atom stereocenters. The number of amides is 4. The highest BCUT2D eigenvalue weighted by atomic mass is 16.7. The van der Waals surface area contributed by atoms with Crippen LogP contribution in [-0.4, -0.2) is 166 Å². The van der Waals surface area contributed by atoms with Gasteiger partial charge in [0.25, 0.3) is 23.6 Å². The number of hydrogen-bond acceptors (Lipinski definition) is 21. The predicted octanol–water partition coefficient (Wildman–Crippen LogP) is 7.26. The lowest BCUT2D eigenvalue weighted by atomic mass is 9.71. The standard InChI is InChI=1S/C36H34N4O8.C34H32N4O7/c1-16-10-19-11-23-25(13-37)40-24(29(38(23)4)27(19)30(42)31(16)45-5)12-22-28(34-33(46-15-47-34)17(2)32(22)48-18(3)41)26(40)14-39-35(43)20-8-6-7-9-21(20)36(39)44;1-15-9-17-10-21-23(12-35)38-22(27(36(21)3)25(17)29(40)30(15)43-4)11-20-26(32-31(44-14-45-32)16(2)28(20)39)24(38)13-37-33(41)18-7-5-6-8-19(18)34(37)42/h6-10,23-26,29,42H,11-12,14-15H2,1-5H3;5-9,21-24,27,39-40H,10-11,13-14H2,1-4H3/t23-,24?,25-,26-,29-;21-,22?,23-,24-,27-/m00/s1. The molecule has 2 saturated heterocycles. The van der Waals surface area contributed by atoms with E-state index in [1.165, 1.54) is 30.9 Å². The molecule has 0 aromatic heterocycles. The highest BCUT2D eigenvalue weighted by molar-refractivity contribution is 6.22. The van der Waals surface area contributed by atoms with Crippen LogP contribution in [0, 0.1) is 50.4 Å². The van der Waals surface area contributed by atoms with Gasteiger partial charge in [-0.15, -0.1) is 0 Å². The molecule has 10 aliphatic rings. The van der Waals surface area contributed by atoms with Crippen LogP contribution in [-0.2, 0) is 30.5 Å². The summed E-state index contributed by atoms with van der Waals surface area (Å²) >= 11 is 0. The van der Waals surface area contributed by atoms with Gasteiger partial charge in [-0.05, 0) is 114 Å².